The Hall–Kier alpha value is -1.10. The van der Waals surface area contributed by atoms with Gasteiger partial charge in [-0.15, -0.1) is 0 Å². The topological polar surface area (TPSA) is 80.7 Å². The van der Waals surface area contributed by atoms with E-state index < -0.39 is 22.6 Å². The van der Waals surface area contributed by atoms with Crippen molar-refractivity contribution in [3.8, 4) is 0 Å². The normalized spacial score (nSPS) is 14.2. The number of hydrogen-bond acceptors (Lipinski definition) is 4. The number of halogens is 1. The molecule has 80 valence electrons. The molecule has 0 aliphatic rings. The zero-order valence-electron chi connectivity index (χ0n) is 7.87. The lowest BCUT2D eigenvalue weighted by Gasteiger charge is -2.16. The van der Waals surface area contributed by atoms with Crippen molar-refractivity contribution in [2.75, 3.05) is 6.61 Å². The Labute approximate surface area is 86.0 Å². The van der Waals surface area contributed by atoms with Gasteiger partial charge in [0.1, 0.15) is 0 Å². The van der Waals surface area contributed by atoms with Crippen molar-refractivity contribution < 1.29 is 24.2 Å². The van der Waals surface area contributed by atoms with E-state index in [2.05, 4.69) is 4.74 Å². The maximum atomic E-state index is 11.2. The Morgan fingerprint density at radius 3 is 2.14 bits per heavy atom. The number of aliphatic carboxylic acids is 1. The van der Waals surface area contributed by atoms with Gasteiger partial charge in [0.05, 0.1) is 6.61 Å². The number of carbonyl (C=O) groups is 3. The molecule has 0 radical (unpaired) electrons. The summed E-state index contributed by atoms with van der Waals surface area (Å²) in [4.78, 5) is 30.6. The molecule has 0 rings (SSSR count). The van der Waals surface area contributed by atoms with Crippen LogP contribution < -0.4 is 0 Å². The fourth-order valence-electron chi connectivity index (χ4n) is 0.767. The van der Waals surface area contributed by atoms with E-state index in [1.807, 2.05) is 0 Å². The third-order valence-electron chi connectivity index (χ3n) is 1.65. The number of ether oxygens (including phenoxy) is 1. The fraction of sp³-hybridized carbons (Fsp3) is 0.625. The number of esters is 1. The largest absolute Gasteiger partial charge is 0.480 e. The number of carboxylic acid groups (broad SMARTS) is 1. The molecule has 6 heteroatoms. The predicted molar refractivity (Wildman–Crippen MR) is 48.2 cm³/mol. The highest BCUT2D eigenvalue weighted by atomic mass is 35.5. The highest BCUT2D eigenvalue weighted by Gasteiger charge is 2.46. The van der Waals surface area contributed by atoms with Crippen LogP contribution in [0.2, 0.25) is 0 Å². The van der Waals surface area contributed by atoms with Crippen LogP contribution in [0.15, 0.2) is 0 Å². The molecule has 0 aromatic carbocycles. The van der Waals surface area contributed by atoms with Gasteiger partial charge in [-0.25, -0.2) is 9.59 Å². The lowest BCUT2D eigenvalue weighted by atomic mass is 10.0. The van der Waals surface area contributed by atoms with Crippen LogP contribution in [0.1, 0.15) is 20.3 Å². The molecule has 0 bridgehead atoms. The minimum absolute atomic E-state index is 0.000869. The first-order chi connectivity index (χ1) is 6.40. The van der Waals surface area contributed by atoms with Crippen molar-refractivity contribution in [1.82, 2.24) is 0 Å². The van der Waals surface area contributed by atoms with Crippen molar-refractivity contribution in [2.45, 2.75) is 25.1 Å². The minimum atomic E-state index is -2.20. The van der Waals surface area contributed by atoms with Crippen LogP contribution in [0.25, 0.3) is 0 Å². The number of ketones is 1. The van der Waals surface area contributed by atoms with Gasteiger partial charge in [-0.2, -0.15) is 0 Å². The third-order valence-corrected chi connectivity index (χ3v) is 2.25. The molecule has 0 aliphatic heterocycles. The number of hydrogen-bond donors (Lipinski definition) is 1. The first kappa shape index (κ1) is 12.9. The van der Waals surface area contributed by atoms with Gasteiger partial charge in [-0.1, -0.05) is 18.5 Å². The summed E-state index contributed by atoms with van der Waals surface area (Å²) < 4.78 is 4.37. The summed E-state index contributed by atoms with van der Waals surface area (Å²) in [5.41, 5.74) is 0. The molecular formula is C8H11ClO5. The molecule has 0 fully saturated rings. The molecule has 1 atom stereocenters. The molecule has 0 spiro atoms. The van der Waals surface area contributed by atoms with Crippen LogP contribution in [0.3, 0.4) is 0 Å². The summed E-state index contributed by atoms with van der Waals surface area (Å²) >= 11 is 5.49. The number of carboxylic acids is 1. The van der Waals surface area contributed by atoms with Gasteiger partial charge in [0.25, 0.3) is 5.78 Å². The minimum Gasteiger partial charge on any atom is -0.480 e. The first-order valence-electron chi connectivity index (χ1n) is 4.04. The molecule has 0 aromatic rings. The highest BCUT2D eigenvalue weighted by molar-refractivity contribution is 6.57. The quantitative estimate of drug-likeness (QED) is 0.319. The molecule has 1 unspecified atom stereocenters. The average Bonchev–Trinajstić information content (AvgIpc) is 2.15. The second-order valence-electron chi connectivity index (χ2n) is 2.51. The molecule has 0 amide bonds. The molecule has 0 heterocycles. The van der Waals surface area contributed by atoms with E-state index in [-0.39, 0.29) is 13.0 Å². The van der Waals surface area contributed by atoms with Crippen LogP contribution in [-0.2, 0) is 19.1 Å². The van der Waals surface area contributed by atoms with E-state index >= 15 is 0 Å². The van der Waals surface area contributed by atoms with Gasteiger partial charge in [0, 0.05) is 0 Å². The van der Waals surface area contributed by atoms with E-state index in [0.717, 1.165) is 0 Å². The molecular weight excluding hydrogens is 212 g/mol. The lowest BCUT2D eigenvalue weighted by molar-refractivity contribution is -0.158. The monoisotopic (exact) mass is 222 g/mol. The van der Waals surface area contributed by atoms with E-state index in [1.165, 1.54) is 13.8 Å². The van der Waals surface area contributed by atoms with Crippen LogP contribution in [0.5, 0.6) is 0 Å². The summed E-state index contributed by atoms with van der Waals surface area (Å²) in [6.45, 7) is 2.91. The maximum absolute atomic E-state index is 11.2. The van der Waals surface area contributed by atoms with Crippen LogP contribution in [-0.4, -0.2) is 34.3 Å². The van der Waals surface area contributed by atoms with Gasteiger partial charge in [-0.3, -0.25) is 4.79 Å². The van der Waals surface area contributed by atoms with Crippen molar-refractivity contribution >= 4 is 29.3 Å². The maximum Gasteiger partial charge on any atom is 0.377 e. The smallest absolute Gasteiger partial charge is 0.377 e. The van der Waals surface area contributed by atoms with Crippen molar-refractivity contribution in [3.63, 3.8) is 0 Å². The first-order valence-corrected chi connectivity index (χ1v) is 4.41. The number of alkyl halides is 1. The average molecular weight is 223 g/mol. The standard InChI is InChI=1S/C8H11ClO5/c1-3-8(9,7(12)13)5(10)6(11)14-4-2/h3-4H2,1-2H3,(H,12,13). The zero-order chi connectivity index (χ0) is 11.4. The highest BCUT2D eigenvalue weighted by Crippen LogP contribution is 2.22. The Morgan fingerprint density at radius 1 is 1.36 bits per heavy atom. The van der Waals surface area contributed by atoms with E-state index in [4.69, 9.17) is 16.7 Å². The summed E-state index contributed by atoms with van der Waals surface area (Å²) in [7, 11) is 0. The van der Waals surface area contributed by atoms with Crippen LogP contribution in [0.4, 0.5) is 0 Å². The SMILES string of the molecule is CCOC(=O)C(=O)C(Cl)(CC)C(=O)O. The third kappa shape index (κ3) is 2.45. The Kier molecular flexibility index (Phi) is 4.56. The predicted octanol–water partition coefficient (Wildman–Crippen LogP) is 0.591. The molecule has 0 saturated heterocycles. The Morgan fingerprint density at radius 2 is 1.86 bits per heavy atom. The van der Waals surface area contributed by atoms with Crippen molar-refractivity contribution in [2.24, 2.45) is 0 Å². The molecule has 0 aliphatic carbocycles. The van der Waals surface area contributed by atoms with Gasteiger partial charge >= 0.3 is 11.9 Å². The van der Waals surface area contributed by atoms with E-state index in [0.29, 0.717) is 0 Å². The van der Waals surface area contributed by atoms with Gasteiger partial charge in [0.2, 0.25) is 4.87 Å². The second-order valence-corrected chi connectivity index (χ2v) is 3.15. The van der Waals surface area contributed by atoms with Gasteiger partial charge < -0.3 is 9.84 Å². The Bertz CT molecular complexity index is 262. The van der Waals surface area contributed by atoms with Crippen LogP contribution in [0, 0.1) is 0 Å². The Balaban J connectivity index is 4.79. The van der Waals surface area contributed by atoms with Crippen molar-refractivity contribution in [3.05, 3.63) is 0 Å². The number of rotatable bonds is 5. The number of Topliss-reactive ketones (excluding diaryl/α,β-unsaturated/α-hetero) is 1. The van der Waals surface area contributed by atoms with E-state index in [1.54, 1.807) is 0 Å². The molecule has 14 heavy (non-hydrogen) atoms. The second kappa shape index (κ2) is 4.95. The number of carbonyl (C=O) groups excluding carboxylic acids is 2. The summed E-state index contributed by atoms with van der Waals surface area (Å²) in [5.74, 6) is -4.00. The summed E-state index contributed by atoms with van der Waals surface area (Å²) in [6, 6.07) is 0. The fourth-order valence-corrected chi connectivity index (χ4v) is 0.844. The van der Waals surface area contributed by atoms with E-state index in [9.17, 15) is 14.4 Å². The molecule has 0 saturated carbocycles. The molecule has 5 nitrogen and oxygen atoms in total. The van der Waals surface area contributed by atoms with Crippen molar-refractivity contribution in [1.29, 1.82) is 0 Å². The van der Waals surface area contributed by atoms with Gasteiger partial charge in [-0.05, 0) is 13.3 Å². The summed E-state index contributed by atoms with van der Waals surface area (Å²) in [6.07, 6.45) is -0.179. The summed E-state index contributed by atoms with van der Waals surface area (Å²) in [5, 5.41) is 8.66. The lowest BCUT2D eigenvalue weighted by Crippen LogP contribution is -2.45. The molecule has 0 aromatic heterocycles. The van der Waals surface area contributed by atoms with Crippen LogP contribution >= 0.6 is 11.6 Å². The zero-order valence-corrected chi connectivity index (χ0v) is 8.63. The molecule has 1 N–H and O–H groups in total. The van der Waals surface area contributed by atoms with Gasteiger partial charge in [0.15, 0.2) is 0 Å².